The minimum absolute atomic E-state index is 0.00404. The van der Waals surface area contributed by atoms with E-state index in [2.05, 4.69) is 11.4 Å². The summed E-state index contributed by atoms with van der Waals surface area (Å²) in [6.45, 7) is 1.98. The quantitative estimate of drug-likeness (QED) is 0.732. The Morgan fingerprint density at radius 1 is 1.28 bits per heavy atom. The largest absolute Gasteiger partial charge is 0.468 e. The van der Waals surface area contributed by atoms with E-state index < -0.39 is 5.92 Å². The molecular formula is C23H20N2O3S. The molecular weight excluding hydrogens is 384 g/mol. The first kappa shape index (κ1) is 19.3. The fraction of sp³-hybridized carbons (Fsp3) is 0.261. The fourth-order valence-corrected chi connectivity index (χ4v) is 4.69. The molecule has 1 atom stereocenters. The number of benzene rings is 1. The van der Waals surface area contributed by atoms with Crippen LogP contribution in [0.3, 0.4) is 0 Å². The maximum absolute atomic E-state index is 12.6. The first-order valence-corrected chi connectivity index (χ1v) is 10.5. The lowest BCUT2D eigenvalue weighted by Crippen LogP contribution is -2.31. The van der Waals surface area contributed by atoms with E-state index in [0.717, 1.165) is 24.1 Å². The predicted octanol–water partition coefficient (Wildman–Crippen LogP) is 4.63. The minimum atomic E-state index is -0.518. The van der Waals surface area contributed by atoms with E-state index in [-0.39, 0.29) is 17.3 Å². The van der Waals surface area contributed by atoms with Gasteiger partial charge in [0.1, 0.15) is 5.76 Å². The molecule has 0 unspecified atom stereocenters. The van der Waals surface area contributed by atoms with Crippen molar-refractivity contribution in [3.05, 3.63) is 81.4 Å². The highest BCUT2D eigenvalue weighted by molar-refractivity contribution is 8.03. The van der Waals surface area contributed by atoms with Crippen molar-refractivity contribution < 1.29 is 14.0 Å². The van der Waals surface area contributed by atoms with E-state index in [1.54, 1.807) is 18.4 Å². The summed E-state index contributed by atoms with van der Waals surface area (Å²) >= 11 is 1.30. The lowest BCUT2D eigenvalue weighted by atomic mass is 9.79. The normalized spacial score (nSPS) is 18.9. The zero-order chi connectivity index (χ0) is 20.4. The molecule has 1 N–H and O–H groups in total. The fourth-order valence-electron chi connectivity index (χ4n) is 3.74. The van der Waals surface area contributed by atoms with Crippen LogP contribution in [-0.4, -0.2) is 17.3 Å². The van der Waals surface area contributed by atoms with Crippen molar-refractivity contribution in [1.29, 1.82) is 5.26 Å². The molecule has 4 rings (SSSR count). The van der Waals surface area contributed by atoms with Gasteiger partial charge in [0, 0.05) is 23.3 Å². The SMILES string of the molecule is Cc1ccc(C(=O)CSC2=C(C#N)[C@@H](c3ccco3)C3=C(CCCC3=O)N2)cc1. The number of hydrogen-bond donors (Lipinski definition) is 1. The number of dihydropyridines is 1. The second kappa shape index (κ2) is 8.14. The monoisotopic (exact) mass is 404 g/mol. The van der Waals surface area contributed by atoms with E-state index in [1.165, 1.54) is 11.8 Å². The minimum Gasteiger partial charge on any atom is -0.468 e. The molecule has 2 aromatic rings. The summed E-state index contributed by atoms with van der Waals surface area (Å²) in [7, 11) is 0. The molecule has 1 aromatic carbocycles. The van der Waals surface area contributed by atoms with Crippen LogP contribution in [0.25, 0.3) is 0 Å². The number of Topliss-reactive ketones (excluding diaryl/α,β-unsaturated/α-hetero) is 2. The molecule has 146 valence electrons. The van der Waals surface area contributed by atoms with E-state index in [1.807, 2.05) is 31.2 Å². The summed E-state index contributed by atoms with van der Waals surface area (Å²) in [5, 5.41) is 13.8. The molecule has 2 aliphatic rings. The van der Waals surface area contributed by atoms with Crippen molar-refractivity contribution in [1.82, 2.24) is 5.32 Å². The van der Waals surface area contributed by atoms with E-state index in [4.69, 9.17) is 4.42 Å². The third-order valence-electron chi connectivity index (χ3n) is 5.21. The number of nitriles is 1. The van der Waals surface area contributed by atoms with Crippen molar-refractivity contribution in [3.8, 4) is 6.07 Å². The zero-order valence-electron chi connectivity index (χ0n) is 16.0. The summed E-state index contributed by atoms with van der Waals surface area (Å²) in [5.41, 5.74) is 3.63. The summed E-state index contributed by atoms with van der Waals surface area (Å²) < 4.78 is 5.58. The summed E-state index contributed by atoms with van der Waals surface area (Å²) in [6.07, 6.45) is 3.54. The van der Waals surface area contributed by atoms with Gasteiger partial charge in [-0.3, -0.25) is 9.59 Å². The van der Waals surface area contributed by atoms with Crippen LogP contribution in [0, 0.1) is 18.3 Å². The second-order valence-electron chi connectivity index (χ2n) is 7.17. The number of hydrogen-bond acceptors (Lipinski definition) is 6. The highest BCUT2D eigenvalue weighted by atomic mass is 32.2. The van der Waals surface area contributed by atoms with E-state index in [0.29, 0.717) is 33.9 Å². The van der Waals surface area contributed by atoms with Crippen LogP contribution in [0.4, 0.5) is 0 Å². The highest BCUT2D eigenvalue weighted by Gasteiger charge is 2.38. The lowest BCUT2D eigenvalue weighted by molar-refractivity contribution is -0.116. The molecule has 6 heteroatoms. The van der Waals surface area contributed by atoms with E-state index in [9.17, 15) is 14.9 Å². The number of carbonyl (C=O) groups excluding carboxylic acids is 2. The van der Waals surface area contributed by atoms with Gasteiger partial charge >= 0.3 is 0 Å². The maximum Gasteiger partial charge on any atom is 0.173 e. The van der Waals surface area contributed by atoms with Gasteiger partial charge in [-0.2, -0.15) is 5.26 Å². The van der Waals surface area contributed by atoms with Crippen LogP contribution >= 0.6 is 11.8 Å². The van der Waals surface area contributed by atoms with Gasteiger partial charge in [-0.05, 0) is 31.9 Å². The average Bonchev–Trinajstić information content (AvgIpc) is 3.26. The van der Waals surface area contributed by atoms with Gasteiger partial charge in [-0.25, -0.2) is 0 Å². The van der Waals surface area contributed by atoms with Crippen molar-refractivity contribution in [2.45, 2.75) is 32.1 Å². The van der Waals surface area contributed by atoms with Gasteiger partial charge in [0.15, 0.2) is 11.6 Å². The predicted molar refractivity (Wildman–Crippen MR) is 111 cm³/mol. The Hall–Kier alpha value is -3.04. The van der Waals surface area contributed by atoms with Crippen LogP contribution in [-0.2, 0) is 4.79 Å². The number of rotatable bonds is 5. The number of furan rings is 1. The Kier molecular flexibility index (Phi) is 5.41. The van der Waals surface area contributed by atoms with Crippen LogP contribution in [0.15, 0.2) is 69.0 Å². The van der Waals surface area contributed by atoms with Gasteiger partial charge in [-0.1, -0.05) is 41.6 Å². The van der Waals surface area contributed by atoms with Crippen LogP contribution in [0.1, 0.15) is 46.9 Å². The standard InChI is InChI=1S/C23H20N2O3S/c1-14-7-9-15(10-8-14)19(27)13-29-23-16(12-24)21(20-6-3-11-28-20)22-17(25-23)4-2-5-18(22)26/h3,6-11,21,25H,2,4-5,13H2,1H3/t21-/m0/s1. The molecule has 0 saturated carbocycles. The Balaban J connectivity index is 1.64. The van der Waals surface area contributed by atoms with Crippen molar-refractivity contribution >= 4 is 23.3 Å². The summed E-state index contributed by atoms with van der Waals surface area (Å²) in [4.78, 5) is 25.2. The Labute approximate surface area is 173 Å². The lowest BCUT2D eigenvalue weighted by Gasteiger charge is -2.32. The molecule has 2 heterocycles. The molecule has 0 radical (unpaired) electrons. The first-order chi connectivity index (χ1) is 14.1. The summed E-state index contributed by atoms with van der Waals surface area (Å²) in [6, 6.07) is 13.3. The number of ketones is 2. The molecule has 5 nitrogen and oxygen atoms in total. The third kappa shape index (κ3) is 3.79. The van der Waals surface area contributed by atoms with Gasteiger partial charge in [0.2, 0.25) is 0 Å². The summed E-state index contributed by atoms with van der Waals surface area (Å²) in [5.74, 6) is 0.311. The van der Waals surface area contributed by atoms with Gasteiger partial charge in [0.05, 0.1) is 34.6 Å². The van der Waals surface area contributed by atoms with Crippen LogP contribution < -0.4 is 5.32 Å². The van der Waals surface area contributed by atoms with E-state index >= 15 is 0 Å². The van der Waals surface area contributed by atoms with Crippen molar-refractivity contribution in [2.24, 2.45) is 0 Å². The molecule has 1 aromatic heterocycles. The van der Waals surface area contributed by atoms with Crippen molar-refractivity contribution in [2.75, 3.05) is 5.75 Å². The molecule has 1 aliphatic carbocycles. The van der Waals surface area contributed by atoms with Crippen LogP contribution in [0.2, 0.25) is 0 Å². The Bertz CT molecular complexity index is 1060. The number of aryl methyl sites for hydroxylation is 1. The number of allylic oxidation sites excluding steroid dienone is 3. The number of carbonyl (C=O) groups is 2. The number of nitrogens with one attached hydrogen (secondary N) is 1. The number of thioether (sulfide) groups is 1. The van der Waals surface area contributed by atoms with Gasteiger partial charge in [0.25, 0.3) is 0 Å². The molecule has 0 amide bonds. The van der Waals surface area contributed by atoms with Gasteiger partial charge in [-0.15, -0.1) is 0 Å². The Morgan fingerprint density at radius 2 is 2.07 bits per heavy atom. The molecule has 0 spiro atoms. The third-order valence-corrected chi connectivity index (χ3v) is 6.23. The smallest absolute Gasteiger partial charge is 0.173 e. The molecule has 0 fully saturated rings. The molecule has 0 bridgehead atoms. The first-order valence-electron chi connectivity index (χ1n) is 9.52. The topological polar surface area (TPSA) is 83.1 Å². The second-order valence-corrected chi connectivity index (χ2v) is 8.16. The molecule has 0 saturated heterocycles. The number of nitrogens with zero attached hydrogens (tertiary/aromatic N) is 1. The van der Waals surface area contributed by atoms with Crippen LogP contribution in [0.5, 0.6) is 0 Å². The highest BCUT2D eigenvalue weighted by Crippen LogP contribution is 2.44. The molecule has 1 aliphatic heterocycles. The zero-order valence-corrected chi connectivity index (χ0v) is 16.8. The molecule has 29 heavy (non-hydrogen) atoms. The van der Waals surface area contributed by atoms with Gasteiger partial charge < -0.3 is 9.73 Å². The van der Waals surface area contributed by atoms with Crippen molar-refractivity contribution in [3.63, 3.8) is 0 Å². The Morgan fingerprint density at radius 3 is 2.76 bits per heavy atom. The average molecular weight is 404 g/mol. The maximum atomic E-state index is 12.6.